The number of nitrogens with one attached hydrogen (secondary N) is 1. The normalized spacial score (nSPS) is 29.7. The van der Waals surface area contributed by atoms with E-state index in [2.05, 4.69) is 10.1 Å². The van der Waals surface area contributed by atoms with E-state index in [0.29, 0.717) is 0 Å². The minimum atomic E-state index is -4.56. The number of carbonyl (C=O) groups excluding carboxylic acids is 2. The first-order valence-electron chi connectivity index (χ1n) is 13.4. The smallest absolute Gasteiger partial charge is 0.459 e. The molecule has 1 aliphatic heterocycles. The number of aliphatic hydroxyl groups is 1. The zero-order valence-electron chi connectivity index (χ0n) is 24.4. The fourth-order valence-corrected chi connectivity index (χ4v) is 6.52. The maximum Gasteiger partial charge on any atom is 0.459 e. The van der Waals surface area contributed by atoms with Crippen molar-refractivity contribution in [3.8, 4) is 11.8 Å². The lowest BCUT2D eigenvalue weighted by Crippen LogP contribution is -2.63. The van der Waals surface area contributed by atoms with Crippen LogP contribution >= 0.6 is 7.75 Å². The lowest BCUT2D eigenvalue weighted by Gasteiger charge is -2.40. The Labute approximate surface area is 247 Å². The first kappa shape index (κ1) is 32.1. The Bertz CT molecular complexity index is 1540. The number of carbonyl (C=O) groups is 2. The van der Waals surface area contributed by atoms with Crippen LogP contribution in [0.4, 0.5) is 5.82 Å². The van der Waals surface area contributed by atoms with Gasteiger partial charge in [0.05, 0.1) is 12.0 Å². The molecule has 2 aliphatic rings. The number of aromatic nitrogens is 2. The third-order valence-corrected chi connectivity index (χ3v) is 8.72. The van der Waals surface area contributed by atoms with Gasteiger partial charge in [-0.05, 0) is 45.9 Å². The number of para-hydroxylation sites is 1. The number of nitrogens with two attached hydrogens (primary N) is 1. The van der Waals surface area contributed by atoms with E-state index in [-0.39, 0.29) is 11.6 Å². The molecule has 1 aromatic heterocycles. The van der Waals surface area contributed by atoms with E-state index in [1.54, 1.807) is 38.1 Å². The fraction of sp³-hybridized carbons (Fsp3) is 0.519. The number of nitrogens with zero attached hydrogens (tertiary/aromatic N) is 3. The highest BCUT2D eigenvalue weighted by molar-refractivity contribution is 7.52. The molecule has 0 bridgehead atoms. The number of fused-ring (bicyclic) bond motifs is 1. The van der Waals surface area contributed by atoms with Crippen LogP contribution in [0.2, 0.25) is 0 Å². The number of nitrogen functional groups attached to an aromatic ring is 1. The third-order valence-electron chi connectivity index (χ3n) is 7.06. The Balaban J connectivity index is 1.76. The van der Waals surface area contributed by atoms with E-state index in [9.17, 15) is 29.3 Å². The van der Waals surface area contributed by atoms with Gasteiger partial charge in [-0.2, -0.15) is 15.3 Å². The van der Waals surface area contributed by atoms with Gasteiger partial charge in [0.25, 0.3) is 5.72 Å². The molecule has 232 valence electrons. The summed E-state index contributed by atoms with van der Waals surface area (Å²) >= 11 is 0. The predicted molar refractivity (Wildman–Crippen MR) is 149 cm³/mol. The van der Waals surface area contributed by atoms with E-state index >= 15 is 0 Å². The van der Waals surface area contributed by atoms with Crippen LogP contribution in [0.5, 0.6) is 5.75 Å². The number of rotatable bonds is 11. The summed E-state index contributed by atoms with van der Waals surface area (Å²) < 4.78 is 43.5. The van der Waals surface area contributed by atoms with Crippen molar-refractivity contribution < 1.29 is 42.5 Å². The van der Waals surface area contributed by atoms with Crippen LogP contribution in [-0.2, 0) is 38.6 Å². The highest BCUT2D eigenvalue weighted by atomic mass is 31.2. The summed E-state index contributed by atoms with van der Waals surface area (Å²) in [6.07, 6.45) is -2.29. The molecule has 7 atom stereocenters. The highest BCUT2D eigenvalue weighted by Crippen LogP contribution is 2.68. The van der Waals surface area contributed by atoms with Gasteiger partial charge < -0.3 is 29.6 Å². The van der Waals surface area contributed by atoms with Crippen molar-refractivity contribution in [3.63, 3.8) is 0 Å². The predicted octanol–water partition coefficient (Wildman–Crippen LogP) is 1.61. The average Bonchev–Trinajstić information content (AvgIpc) is 3.44. The number of anilines is 1. The molecule has 2 fully saturated rings. The van der Waals surface area contributed by atoms with Gasteiger partial charge in [0.2, 0.25) is 5.60 Å². The van der Waals surface area contributed by atoms with Crippen molar-refractivity contribution in [2.75, 3.05) is 5.73 Å². The Hall–Kier alpha value is -3.80. The van der Waals surface area contributed by atoms with Gasteiger partial charge in [0.1, 0.15) is 35.9 Å². The molecule has 1 aromatic carbocycles. The van der Waals surface area contributed by atoms with E-state index < -0.39 is 72.6 Å². The number of nitriles is 1. The SMILES string of the molecule is CC(C)OC(=O)[C@H](C)N[P@@](=O)(Oc1ccccc1)OC1[C@H]2O[C@@](C#N)(n3ccc(N)nc3=O)[C@](C)(O)[C@]12OC(=O)C(C)C. The van der Waals surface area contributed by atoms with Crippen molar-refractivity contribution in [1.29, 1.82) is 5.26 Å². The number of ether oxygens (including phenoxy) is 3. The summed E-state index contributed by atoms with van der Waals surface area (Å²) in [7, 11) is -4.56. The maximum absolute atomic E-state index is 14.2. The molecule has 15 nitrogen and oxygen atoms in total. The molecular formula is C27H34N5O10P. The summed E-state index contributed by atoms with van der Waals surface area (Å²) in [5, 5.41) is 24.8. The summed E-state index contributed by atoms with van der Waals surface area (Å²) in [5.41, 5.74) is -2.57. The minimum absolute atomic E-state index is 0.0975. The zero-order chi connectivity index (χ0) is 32.0. The second kappa shape index (κ2) is 11.4. The molecule has 1 saturated carbocycles. The van der Waals surface area contributed by atoms with Crippen LogP contribution in [0.15, 0.2) is 47.4 Å². The van der Waals surface area contributed by atoms with Gasteiger partial charge in [-0.1, -0.05) is 32.0 Å². The van der Waals surface area contributed by atoms with Crippen molar-refractivity contribution in [2.24, 2.45) is 5.92 Å². The fourth-order valence-electron chi connectivity index (χ4n) is 4.81. The zero-order valence-corrected chi connectivity index (χ0v) is 25.3. The van der Waals surface area contributed by atoms with Gasteiger partial charge in [-0.3, -0.25) is 18.7 Å². The molecule has 43 heavy (non-hydrogen) atoms. The highest BCUT2D eigenvalue weighted by Gasteiger charge is 2.92. The standard InChI is InChI=1S/C27H34N5O10P/c1-15(2)22(33)40-27-20(39-26(14-28,25(27,6)36)32-13-12-19(29)30-24(32)35)21(27)42-43(37,41-18-10-8-7-9-11-18)31-17(5)23(34)38-16(3)4/h7-13,15-17,20-21,36H,1-6H3,(H,31,37)(H2,29,30,35)/t17-,20+,21?,25-,26+,27+,43+/m0/s1. The molecular weight excluding hydrogens is 585 g/mol. The molecule has 0 amide bonds. The van der Waals surface area contributed by atoms with Gasteiger partial charge in [-0.25, -0.2) is 9.36 Å². The second-order valence-electron chi connectivity index (χ2n) is 11.0. The summed E-state index contributed by atoms with van der Waals surface area (Å²) in [6.45, 7) is 8.86. The van der Waals surface area contributed by atoms with Crippen LogP contribution in [0.3, 0.4) is 0 Å². The molecule has 0 radical (unpaired) electrons. The summed E-state index contributed by atoms with van der Waals surface area (Å²) in [4.78, 5) is 41.9. The minimum Gasteiger partial charge on any atom is -0.462 e. The number of hydrogen-bond acceptors (Lipinski definition) is 13. The Kier molecular flexibility index (Phi) is 8.49. The van der Waals surface area contributed by atoms with Crippen molar-refractivity contribution in [2.45, 2.75) is 82.8 Å². The summed E-state index contributed by atoms with van der Waals surface area (Å²) in [5.74, 6) is -2.32. The molecule has 4 N–H and O–H groups in total. The van der Waals surface area contributed by atoms with Crippen LogP contribution in [-0.4, -0.2) is 62.2 Å². The van der Waals surface area contributed by atoms with Gasteiger partial charge in [0, 0.05) is 6.20 Å². The van der Waals surface area contributed by atoms with E-state index in [1.165, 1.54) is 39.0 Å². The van der Waals surface area contributed by atoms with Gasteiger partial charge >= 0.3 is 25.4 Å². The number of benzene rings is 1. The van der Waals surface area contributed by atoms with Crippen molar-refractivity contribution in [1.82, 2.24) is 14.6 Å². The topological polar surface area (TPSA) is 214 Å². The van der Waals surface area contributed by atoms with Gasteiger partial charge in [0.15, 0.2) is 5.60 Å². The van der Waals surface area contributed by atoms with Gasteiger partial charge in [-0.15, -0.1) is 0 Å². The quantitative estimate of drug-likeness (QED) is 0.241. The van der Waals surface area contributed by atoms with Crippen LogP contribution in [0.25, 0.3) is 0 Å². The monoisotopic (exact) mass is 619 g/mol. The molecule has 1 saturated heterocycles. The van der Waals surface area contributed by atoms with E-state index in [0.717, 1.165) is 17.7 Å². The van der Waals surface area contributed by atoms with Crippen molar-refractivity contribution in [3.05, 3.63) is 53.1 Å². The molecule has 1 aliphatic carbocycles. The van der Waals surface area contributed by atoms with Crippen LogP contribution in [0, 0.1) is 17.2 Å². The molecule has 4 rings (SSSR count). The van der Waals surface area contributed by atoms with E-state index in [1.807, 2.05) is 0 Å². The van der Waals surface area contributed by atoms with Crippen LogP contribution in [0.1, 0.15) is 41.5 Å². The lowest BCUT2D eigenvalue weighted by molar-refractivity contribution is -0.211. The Morgan fingerprint density at radius 1 is 1.19 bits per heavy atom. The second-order valence-corrected chi connectivity index (χ2v) is 12.7. The van der Waals surface area contributed by atoms with Crippen LogP contribution < -0.4 is 21.0 Å². The molecule has 2 heterocycles. The molecule has 0 spiro atoms. The third kappa shape index (κ3) is 5.52. The Morgan fingerprint density at radius 3 is 2.40 bits per heavy atom. The van der Waals surface area contributed by atoms with E-state index in [4.69, 9.17) is 29.0 Å². The number of hydrogen-bond donors (Lipinski definition) is 3. The maximum atomic E-state index is 14.2. The summed E-state index contributed by atoms with van der Waals surface area (Å²) in [6, 6.07) is 9.72. The van der Waals surface area contributed by atoms with Crippen molar-refractivity contribution >= 4 is 25.5 Å². The lowest BCUT2D eigenvalue weighted by atomic mass is 9.85. The largest absolute Gasteiger partial charge is 0.462 e. The average molecular weight is 620 g/mol. The molecule has 2 aromatic rings. The molecule has 16 heteroatoms. The first-order valence-corrected chi connectivity index (χ1v) is 15.0. The molecule has 1 unspecified atom stereocenters. The first-order chi connectivity index (χ1) is 20.0. The number of esters is 2. The Morgan fingerprint density at radius 2 is 1.84 bits per heavy atom.